The molecular weight excluding hydrogens is 480 g/mol. The molecule has 0 bridgehead atoms. The van der Waals surface area contributed by atoms with Crippen molar-refractivity contribution in [1.29, 1.82) is 0 Å². The van der Waals surface area contributed by atoms with E-state index in [9.17, 15) is 53.5 Å². The van der Waals surface area contributed by atoms with Crippen molar-refractivity contribution >= 4 is 11.9 Å². The van der Waals surface area contributed by atoms with Gasteiger partial charge >= 0.3 is 30.2 Å². The van der Waals surface area contributed by atoms with Gasteiger partial charge in [0.25, 0.3) is 5.91 Å². The van der Waals surface area contributed by atoms with Crippen molar-refractivity contribution < 1.29 is 58.2 Å². The third-order valence-electron chi connectivity index (χ3n) is 4.32. The Hall–Kier alpha value is -2.54. The quantitative estimate of drug-likeness (QED) is 0.187. The number of alkyl halides is 10. The standard InChI is InChI=1S/C19H19F10NO3/c20-16(21,18(24,25)26)14(31)30-11-5-3-1-2-4-6-12-7-9-13(10-8-12)33-15(32)17(22,23)19(27,28)29/h7-10H,1-6,11H2,(H,30,31). The van der Waals surface area contributed by atoms with Crippen LogP contribution in [-0.4, -0.2) is 42.6 Å². The number of esters is 1. The summed E-state index contributed by atoms with van der Waals surface area (Å²) >= 11 is 0. The zero-order valence-corrected chi connectivity index (χ0v) is 16.8. The van der Waals surface area contributed by atoms with Crippen LogP contribution in [0.15, 0.2) is 24.3 Å². The number of carbonyl (C=O) groups is 2. The lowest BCUT2D eigenvalue weighted by Gasteiger charge is -2.18. The molecule has 0 aliphatic rings. The van der Waals surface area contributed by atoms with Gasteiger partial charge in [-0.2, -0.15) is 43.9 Å². The molecule has 0 heterocycles. The second-order valence-corrected chi connectivity index (χ2v) is 6.95. The summed E-state index contributed by atoms with van der Waals surface area (Å²) in [5.74, 6) is -16.8. The Labute approximate surface area is 181 Å². The fourth-order valence-electron chi connectivity index (χ4n) is 2.44. The van der Waals surface area contributed by atoms with Crippen LogP contribution in [0.2, 0.25) is 0 Å². The van der Waals surface area contributed by atoms with Gasteiger partial charge in [-0.25, -0.2) is 4.79 Å². The molecule has 1 aromatic rings. The van der Waals surface area contributed by atoms with Gasteiger partial charge < -0.3 is 10.1 Å². The summed E-state index contributed by atoms with van der Waals surface area (Å²) in [7, 11) is 0. The first kappa shape index (κ1) is 28.5. The highest BCUT2D eigenvalue weighted by Crippen LogP contribution is 2.37. The number of hydrogen-bond donors (Lipinski definition) is 1. The van der Waals surface area contributed by atoms with Crippen molar-refractivity contribution in [2.45, 2.75) is 62.7 Å². The lowest BCUT2D eigenvalue weighted by molar-refractivity contribution is -0.276. The number of rotatable bonds is 11. The molecule has 1 N–H and O–H groups in total. The second kappa shape index (κ2) is 11.1. The second-order valence-electron chi connectivity index (χ2n) is 6.95. The summed E-state index contributed by atoms with van der Waals surface area (Å²) in [6.45, 7) is -0.349. The molecule has 0 unspecified atom stereocenters. The Bertz CT molecular complexity index is 788. The van der Waals surface area contributed by atoms with Gasteiger partial charge in [0.15, 0.2) is 0 Å². The van der Waals surface area contributed by atoms with Gasteiger partial charge in [0.05, 0.1) is 0 Å². The highest BCUT2D eigenvalue weighted by atomic mass is 19.4. The number of halogens is 10. The van der Waals surface area contributed by atoms with E-state index < -0.39 is 41.8 Å². The molecule has 0 aliphatic carbocycles. The Morgan fingerprint density at radius 2 is 1.18 bits per heavy atom. The van der Waals surface area contributed by atoms with Crippen LogP contribution >= 0.6 is 0 Å². The average molecular weight is 499 g/mol. The van der Waals surface area contributed by atoms with Crippen LogP contribution in [0.25, 0.3) is 0 Å². The number of aryl methyl sites for hydroxylation is 1. The van der Waals surface area contributed by atoms with Crippen LogP contribution in [0.5, 0.6) is 5.75 Å². The molecule has 0 radical (unpaired) electrons. The monoisotopic (exact) mass is 499 g/mol. The number of benzene rings is 1. The minimum absolute atomic E-state index is 0.183. The molecule has 0 atom stereocenters. The first-order valence-corrected chi connectivity index (χ1v) is 9.48. The maximum atomic E-state index is 12.8. The fourth-order valence-corrected chi connectivity index (χ4v) is 2.44. The maximum Gasteiger partial charge on any atom is 0.465 e. The van der Waals surface area contributed by atoms with Crippen molar-refractivity contribution in [3.05, 3.63) is 29.8 Å². The topological polar surface area (TPSA) is 55.4 Å². The number of unbranched alkanes of at least 4 members (excludes halogenated alkanes) is 4. The summed E-state index contributed by atoms with van der Waals surface area (Å²) in [5, 5.41) is 1.53. The van der Waals surface area contributed by atoms with Crippen molar-refractivity contribution in [2.24, 2.45) is 0 Å². The van der Waals surface area contributed by atoms with Crippen LogP contribution < -0.4 is 10.1 Å². The number of amides is 1. The van der Waals surface area contributed by atoms with E-state index in [2.05, 4.69) is 4.74 Å². The van der Waals surface area contributed by atoms with E-state index in [1.807, 2.05) is 0 Å². The van der Waals surface area contributed by atoms with Gasteiger partial charge in [-0.3, -0.25) is 4.79 Å². The van der Waals surface area contributed by atoms with Gasteiger partial charge in [-0.1, -0.05) is 31.4 Å². The predicted octanol–water partition coefficient (Wildman–Crippen LogP) is 5.60. The fraction of sp³-hybridized carbons (Fsp3) is 0.579. The molecule has 4 nitrogen and oxygen atoms in total. The number of carbonyl (C=O) groups excluding carboxylic acids is 2. The summed E-state index contributed by atoms with van der Waals surface area (Å²) in [4.78, 5) is 21.9. The Balaban J connectivity index is 2.28. The first-order chi connectivity index (χ1) is 15.0. The molecular formula is C19H19F10NO3. The van der Waals surface area contributed by atoms with Crippen molar-refractivity contribution in [1.82, 2.24) is 5.32 Å². The van der Waals surface area contributed by atoms with E-state index in [1.165, 1.54) is 17.4 Å². The molecule has 0 spiro atoms. The van der Waals surface area contributed by atoms with Gasteiger partial charge in [0.1, 0.15) is 5.75 Å². The van der Waals surface area contributed by atoms with Gasteiger partial charge in [-0.05, 0) is 37.0 Å². The van der Waals surface area contributed by atoms with E-state index in [1.54, 1.807) is 0 Å². The van der Waals surface area contributed by atoms with Crippen LogP contribution in [0, 0.1) is 0 Å². The number of nitrogens with one attached hydrogen (secondary N) is 1. The van der Waals surface area contributed by atoms with E-state index in [0.717, 1.165) is 12.1 Å². The third-order valence-corrected chi connectivity index (χ3v) is 4.32. The molecule has 1 rings (SSSR count). The highest BCUT2D eigenvalue weighted by Gasteiger charge is 2.65. The van der Waals surface area contributed by atoms with E-state index in [4.69, 9.17) is 0 Å². The molecule has 1 amide bonds. The predicted molar refractivity (Wildman–Crippen MR) is 93.9 cm³/mol. The lowest BCUT2D eigenvalue weighted by Crippen LogP contribution is -2.50. The zero-order valence-electron chi connectivity index (χ0n) is 16.8. The lowest BCUT2D eigenvalue weighted by atomic mass is 10.1. The Morgan fingerprint density at radius 1 is 0.697 bits per heavy atom. The smallest absolute Gasteiger partial charge is 0.422 e. The largest absolute Gasteiger partial charge is 0.465 e. The van der Waals surface area contributed by atoms with E-state index in [0.29, 0.717) is 37.7 Å². The summed E-state index contributed by atoms with van der Waals surface area (Å²) in [6.07, 6.45) is -9.14. The van der Waals surface area contributed by atoms with Crippen LogP contribution in [-0.2, 0) is 16.0 Å². The van der Waals surface area contributed by atoms with Crippen molar-refractivity contribution in [3.8, 4) is 5.75 Å². The van der Waals surface area contributed by atoms with Gasteiger partial charge in [0, 0.05) is 6.54 Å². The molecule has 0 aliphatic heterocycles. The third kappa shape index (κ3) is 8.07. The van der Waals surface area contributed by atoms with Crippen LogP contribution in [0.4, 0.5) is 43.9 Å². The molecule has 0 fully saturated rings. The zero-order chi connectivity index (χ0) is 25.5. The Kier molecular flexibility index (Phi) is 9.54. The molecule has 0 saturated heterocycles. The molecule has 0 saturated carbocycles. The Morgan fingerprint density at radius 3 is 1.70 bits per heavy atom. The molecule has 1 aromatic carbocycles. The maximum absolute atomic E-state index is 12.8. The highest BCUT2D eigenvalue weighted by molar-refractivity contribution is 5.84. The SMILES string of the molecule is O=C(NCCCCCCCc1ccc(OC(=O)C(F)(F)C(F)(F)F)cc1)C(F)(F)C(F)(F)F. The van der Waals surface area contributed by atoms with E-state index in [-0.39, 0.29) is 13.0 Å². The normalized spacial score (nSPS) is 13.0. The number of hydrogen-bond acceptors (Lipinski definition) is 3. The minimum Gasteiger partial charge on any atom is -0.422 e. The van der Waals surface area contributed by atoms with Crippen LogP contribution in [0.1, 0.15) is 37.7 Å². The minimum atomic E-state index is -6.08. The molecule has 188 valence electrons. The molecule has 33 heavy (non-hydrogen) atoms. The van der Waals surface area contributed by atoms with Crippen molar-refractivity contribution in [3.63, 3.8) is 0 Å². The number of ether oxygens (including phenoxy) is 1. The average Bonchev–Trinajstić information content (AvgIpc) is 2.69. The van der Waals surface area contributed by atoms with E-state index >= 15 is 0 Å². The molecule has 0 aromatic heterocycles. The summed E-state index contributed by atoms with van der Waals surface area (Å²) in [6, 6.07) is 4.84. The van der Waals surface area contributed by atoms with Gasteiger partial charge in [0.2, 0.25) is 0 Å². The summed E-state index contributed by atoms with van der Waals surface area (Å²) < 4.78 is 127. The molecule has 14 heteroatoms. The van der Waals surface area contributed by atoms with Crippen LogP contribution in [0.3, 0.4) is 0 Å². The van der Waals surface area contributed by atoms with Gasteiger partial charge in [-0.15, -0.1) is 0 Å². The first-order valence-electron chi connectivity index (χ1n) is 9.48. The van der Waals surface area contributed by atoms with Crippen molar-refractivity contribution in [2.75, 3.05) is 6.54 Å². The summed E-state index contributed by atoms with van der Waals surface area (Å²) in [5.41, 5.74) is 0.666.